The molecule has 12 aromatic rings. The zero-order valence-electron chi connectivity index (χ0n) is 31.4. The minimum absolute atomic E-state index is 0.806. The quantitative estimate of drug-likeness (QED) is 0.176. The van der Waals surface area contributed by atoms with E-state index in [0.29, 0.717) is 0 Å². The van der Waals surface area contributed by atoms with Gasteiger partial charge in [0.25, 0.3) is 0 Å². The molecule has 58 heavy (non-hydrogen) atoms. The molecule has 0 radical (unpaired) electrons. The van der Waals surface area contributed by atoms with Crippen molar-refractivity contribution in [3.05, 3.63) is 206 Å². The van der Waals surface area contributed by atoms with Gasteiger partial charge in [-0.25, -0.2) is 9.97 Å². The van der Waals surface area contributed by atoms with Gasteiger partial charge in [-0.3, -0.25) is 4.57 Å². The Hall–Kier alpha value is -7.82. The molecule has 4 nitrogen and oxygen atoms in total. The van der Waals surface area contributed by atoms with E-state index in [4.69, 9.17) is 9.97 Å². The highest BCUT2D eigenvalue weighted by Gasteiger charge is 2.24. The van der Waals surface area contributed by atoms with Crippen molar-refractivity contribution in [3.63, 3.8) is 0 Å². The van der Waals surface area contributed by atoms with Gasteiger partial charge in [0.2, 0.25) is 0 Å². The normalized spacial score (nSPS) is 11.8. The molecule has 0 unspecified atom stereocenters. The molecule has 12 rings (SSSR count). The fourth-order valence-corrected chi connectivity index (χ4v) is 9.09. The Morgan fingerprint density at radius 1 is 0.310 bits per heavy atom. The van der Waals surface area contributed by atoms with Crippen LogP contribution in [-0.4, -0.2) is 19.1 Å². The van der Waals surface area contributed by atoms with Crippen molar-refractivity contribution >= 4 is 65.4 Å². The maximum absolute atomic E-state index is 5.42. The summed E-state index contributed by atoms with van der Waals surface area (Å²) in [5.41, 5.74) is 13.9. The highest BCUT2D eigenvalue weighted by molar-refractivity contribution is 6.27. The molecule has 9 aromatic carbocycles. The fourth-order valence-electron chi connectivity index (χ4n) is 9.09. The van der Waals surface area contributed by atoms with Gasteiger partial charge < -0.3 is 4.57 Å². The Balaban J connectivity index is 1.26. The van der Waals surface area contributed by atoms with Crippen molar-refractivity contribution in [1.82, 2.24) is 19.1 Å². The molecular formula is C54H34N4. The standard InChI is InChI=1S/C54H34N4/c1-4-17-35(18-5-1)38-23-16-24-39(31-38)57-50-34-49-44(32-45(50)52-42-27-11-10-25-40(42)43(33-51(52)57)36-19-6-2-7-20-36)41-26-12-15-30-48(41)58(49)54-53(37-21-8-3-9-22-37)55-46-28-13-14-29-47(46)56-54/h1-34H. The van der Waals surface area contributed by atoms with Crippen LogP contribution in [0, 0.1) is 0 Å². The third-order valence-electron chi connectivity index (χ3n) is 11.7. The van der Waals surface area contributed by atoms with Gasteiger partial charge in [-0.05, 0) is 81.6 Å². The first-order valence-corrected chi connectivity index (χ1v) is 19.8. The van der Waals surface area contributed by atoms with E-state index in [-0.39, 0.29) is 0 Å². The highest BCUT2D eigenvalue weighted by Crippen LogP contribution is 2.45. The summed E-state index contributed by atoms with van der Waals surface area (Å²) in [6, 6.07) is 73.8. The number of nitrogens with zero attached hydrogens (tertiary/aromatic N) is 4. The molecule has 0 saturated heterocycles. The molecular weight excluding hydrogens is 705 g/mol. The van der Waals surface area contributed by atoms with Gasteiger partial charge in [0, 0.05) is 32.8 Å². The van der Waals surface area contributed by atoms with Crippen LogP contribution in [0.15, 0.2) is 206 Å². The van der Waals surface area contributed by atoms with Crippen molar-refractivity contribution in [1.29, 1.82) is 0 Å². The summed E-state index contributed by atoms with van der Waals surface area (Å²) in [5, 5.41) is 7.26. The summed E-state index contributed by atoms with van der Waals surface area (Å²) in [7, 11) is 0. The topological polar surface area (TPSA) is 35.6 Å². The van der Waals surface area contributed by atoms with Crippen LogP contribution in [0.5, 0.6) is 0 Å². The third-order valence-corrected chi connectivity index (χ3v) is 11.7. The largest absolute Gasteiger partial charge is 0.309 e. The molecule has 0 aliphatic rings. The minimum atomic E-state index is 0.806. The highest BCUT2D eigenvalue weighted by atomic mass is 15.1. The summed E-state index contributed by atoms with van der Waals surface area (Å²) in [5.74, 6) is 0.806. The second-order valence-electron chi connectivity index (χ2n) is 15.0. The zero-order chi connectivity index (χ0) is 38.2. The van der Waals surface area contributed by atoms with Crippen LogP contribution >= 0.6 is 0 Å². The van der Waals surface area contributed by atoms with Crippen LogP contribution in [0.3, 0.4) is 0 Å². The van der Waals surface area contributed by atoms with Crippen LogP contribution in [0.2, 0.25) is 0 Å². The SMILES string of the molecule is c1ccc(-c2cccc(-n3c4cc5c(cc4c4c6ccccc6c(-c6ccccc6)cc43)c3ccccc3n5-c3nc4ccccc4nc3-c3ccccc3)c2)cc1. The van der Waals surface area contributed by atoms with Crippen LogP contribution in [0.25, 0.3) is 110 Å². The zero-order valence-corrected chi connectivity index (χ0v) is 31.4. The van der Waals surface area contributed by atoms with Crippen LogP contribution in [0.1, 0.15) is 0 Å². The molecule has 0 fully saturated rings. The van der Waals surface area contributed by atoms with Crippen molar-refractivity contribution < 1.29 is 0 Å². The van der Waals surface area contributed by atoms with E-state index in [1.165, 1.54) is 54.6 Å². The van der Waals surface area contributed by atoms with E-state index >= 15 is 0 Å². The number of para-hydroxylation sites is 3. The molecule has 3 heterocycles. The first kappa shape index (κ1) is 32.4. The average molecular weight is 739 g/mol. The molecule has 4 heteroatoms. The number of hydrogen-bond acceptors (Lipinski definition) is 2. The second-order valence-corrected chi connectivity index (χ2v) is 15.0. The summed E-state index contributed by atoms with van der Waals surface area (Å²) in [4.78, 5) is 10.7. The van der Waals surface area contributed by atoms with E-state index < -0.39 is 0 Å². The lowest BCUT2D eigenvalue weighted by atomic mass is 9.94. The molecule has 0 bridgehead atoms. The minimum Gasteiger partial charge on any atom is -0.309 e. The molecule has 0 atom stereocenters. The van der Waals surface area contributed by atoms with Gasteiger partial charge in [0.15, 0.2) is 5.82 Å². The van der Waals surface area contributed by atoms with E-state index in [1.807, 2.05) is 24.3 Å². The molecule has 0 aliphatic carbocycles. The summed E-state index contributed by atoms with van der Waals surface area (Å²) in [6.45, 7) is 0. The first-order chi connectivity index (χ1) is 28.8. The predicted molar refractivity (Wildman–Crippen MR) is 242 cm³/mol. The molecule has 0 N–H and O–H groups in total. The van der Waals surface area contributed by atoms with Crippen LogP contribution < -0.4 is 0 Å². The van der Waals surface area contributed by atoms with Crippen LogP contribution in [-0.2, 0) is 0 Å². The summed E-state index contributed by atoms with van der Waals surface area (Å²) in [6.07, 6.45) is 0. The van der Waals surface area contributed by atoms with Gasteiger partial charge in [0.05, 0.1) is 33.1 Å². The van der Waals surface area contributed by atoms with Crippen LogP contribution in [0.4, 0.5) is 0 Å². The van der Waals surface area contributed by atoms with Crippen molar-refractivity contribution in [2.75, 3.05) is 0 Å². The Kier molecular flexibility index (Phi) is 7.20. The molecule has 0 spiro atoms. The number of hydrogen-bond donors (Lipinski definition) is 0. The van der Waals surface area contributed by atoms with E-state index in [0.717, 1.165) is 55.9 Å². The number of benzene rings is 9. The number of fused-ring (bicyclic) bond motifs is 9. The lowest BCUT2D eigenvalue weighted by molar-refractivity contribution is 1.08. The van der Waals surface area contributed by atoms with Crippen molar-refractivity contribution in [2.45, 2.75) is 0 Å². The summed E-state index contributed by atoms with van der Waals surface area (Å²) < 4.78 is 4.81. The predicted octanol–water partition coefficient (Wildman–Crippen LogP) is 14.0. The van der Waals surface area contributed by atoms with E-state index in [1.54, 1.807) is 0 Å². The van der Waals surface area contributed by atoms with Crippen molar-refractivity contribution in [3.8, 4) is 45.0 Å². The molecule has 0 saturated carbocycles. The number of aromatic nitrogens is 4. The van der Waals surface area contributed by atoms with Gasteiger partial charge in [-0.2, -0.15) is 0 Å². The lowest BCUT2D eigenvalue weighted by Crippen LogP contribution is -2.03. The smallest absolute Gasteiger partial charge is 0.165 e. The maximum atomic E-state index is 5.42. The molecule has 0 aliphatic heterocycles. The van der Waals surface area contributed by atoms with E-state index in [9.17, 15) is 0 Å². The Morgan fingerprint density at radius 2 is 0.897 bits per heavy atom. The number of rotatable bonds is 5. The summed E-state index contributed by atoms with van der Waals surface area (Å²) >= 11 is 0. The van der Waals surface area contributed by atoms with E-state index in [2.05, 4.69) is 191 Å². The van der Waals surface area contributed by atoms with Gasteiger partial charge in [0.1, 0.15) is 5.69 Å². The Bertz CT molecular complexity index is 3550. The molecule has 270 valence electrons. The third kappa shape index (κ3) is 4.95. The van der Waals surface area contributed by atoms with Gasteiger partial charge in [-0.1, -0.05) is 158 Å². The average Bonchev–Trinajstić information content (AvgIpc) is 3.80. The Labute approximate surface area is 334 Å². The maximum Gasteiger partial charge on any atom is 0.165 e. The monoisotopic (exact) mass is 738 g/mol. The lowest BCUT2D eigenvalue weighted by Gasteiger charge is -2.14. The van der Waals surface area contributed by atoms with Crippen molar-refractivity contribution in [2.24, 2.45) is 0 Å². The fraction of sp³-hybridized carbons (Fsp3) is 0. The van der Waals surface area contributed by atoms with Gasteiger partial charge in [-0.15, -0.1) is 0 Å². The first-order valence-electron chi connectivity index (χ1n) is 19.8. The second kappa shape index (κ2) is 12.9. The Morgan fingerprint density at radius 3 is 1.66 bits per heavy atom. The molecule has 3 aromatic heterocycles. The molecule has 0 amide bonds. The van der Waals surface area contributed by atoms with Gasteiger partial charge >= 0.3 is 0 Å².